The standard InChI is InChI=1S/C28H26F3N5O3.C27H24Cl2N4O4.C26H23Cl2N5O4.C25H18Cl2F2N4O3/c1-4-26(37)35-23-8-6-5-7-22(23)18-9-10-36-24(15-32-25(36)13-18)19-11-20(14-21(12-19)39-17(2)3)34-27(38)33-16-28(29,30)31;1-6-22(34)31-17-9-7-8-14(2)26(17)32-21-11-18-15(13-30-21)10-16(27(35)33(18)3)23-24(28)19(36-4)12-20(37-5)25(23)29;1-6-19(34)30-16-9-7-8-13(2)23(16)31-26-29-12-14-10-15(25(35)33(3)24(14)32-26)20-21(27)17(36-4)11-18(37-5)22(20)28;1-4-19(34)31-16-8-6-14(28)23(29)24(16)33-25-30-11-13-9-12(5-7-15(13)32-25)20-21(26)17(35-2)10-18(36-3)22(20)27/h4-15,17H,1,16H2,2-3H3,(H,35,37)(H2,33,34,38);6-13H,1H2,2-5H3,(H,30,32)(H,31,34);6-12H,1H2,2-5H3,(H,30,34)(H,29,31,32);4-11H,1H2,2-3H3,(H,31,34)(H,30,32,33). The monoisotopic (exact) mass is 2140 g/mol. The quantitative estimate of drug-likeness (QED) is 0.0155. The van der Waals surface area contributed by atoms with Crippen LogP contribution in [0.4, 0.5) is 90.0 Å². The summed E-state index contributed by atoms with van der Waals surface area (Å²) in [6.45, 7) is 19.8. The van der Waals surface area contributed by atoms with Crippen molar-refractivity contribution in [3.05, 3.63) is 313 Å². The lowest BCUT2D eigenvalue weighted by Crippen LogP contribution is -2.36. The number of rotatable bonds is 29. The molecule has 0 fully saturated rings. The van der Waals surface area contributed by atoms with E-state index in [0.717, 1.165) is 34.4 Å². The lowest BCUT2D eigenvalue weighted by molar-refractivity contribution is -0.122. The molecule has 6 amide bonds. The summed E-state index contributed by atoms with van der Waals surface area (Å²) in [7, 11) is 12.1. The summed E-state index contributed by atoms with van der Waals surface area (Å²) in [5.41, 5.74) is 11.2. The first-order chi connectivity index (χ1) is 71.2. The Morgan fingerprint density at radius 1 is 0.450 bits per heavy atom. The molecule has 0 aliphatic rings. The molecule has 7 aromatic heterocycles. The average Bonchev–Trinajstić information content (AvgIpc) is 1.26. The van der Waals surface area contributed by atoms with Crippen molar-refractivity contribution in [3.63, 3.8) is 0 Å². The van der Waals surface area contributed by atoms with E-state index in [-0.39, 0.29) is 101 Å². The largest absolute Gasteiger partial charge is 0.495 e. The number of hydrogen-bond acceptors (Lipinski definition) is 23. The summed E-state index contributed by atoms with van der Waals surface area (Å²) in [6.07, 6.45) is 8.04. The molecule has 0 saturated heterocycles. The SMILES string of the molecule is C=CC(=O)Nc1ccc(F)c(F)c1Nc1ncc2cc(-c3c(Cl)c(OC)cc(OC)c3Cl)ccc2n1.C=CC(=O)Nc1cccc(C)c1Nc1cc2c(cn1)cc(-c1c(Cl)c(OC)cc(OC)c1Cl)c(=O)n2C.C=CC(=O)Nc1cccc(C)c1Nc1ncc2cc(-c3c(Cl)c(OC)cc(OC)c3Cl)c(=O)n(C)c2n1.C=CC(=O)Nc1ccccc1-c1ccn2c(-c3cc(NC(=O)NCC(F)(F)F)cc(OC(C)C)c3)cnc2c1. The molecule has 16 aromatic rings. The molecule has 32 nitrogen and oxygen atoms in total. The molecule has 0 aliphatic carbocycles. The van der Waals surface area contributed by atoms with Crippen LogP contribution in [-0.4, -0.2) is 135 Å². The Balaban J connectivity index is 0.000000166. The molecule has 7 heterocycles. The Kier molecular flexibility index (Phi) is 35.2. The lowest BCUT2D eigenvalue weighted by Gasteiger charge is -2.17. The summed E-state index contributed by atoms with van der Waals surface area (Å²) in [4.78, 5) is 113. The number of methoxy groups -OCH3 is 6. The minimum absolute atomic E-state index is 0.00546. The molecule has 16 rings (SSSR count). The van der Waals surface area contributed by atoms with Crippen molar-refractivity contribution in [1.82, 2.24) is 48.8 Å². The summed E-state index contributed by atoms with van der Waals surface area (Å²) >= 11 is 39.3. The third-order valence-electron chi connectivity index (χ3n) is 22.4. The first-order valence-electron chi connectivity index (χ1n) is 44.4. The maximum Gasteiger partial charge on any atom is 0.405 e. The first-order valence-corrected chi connectivity index (χ1v) is 46.6. The van der Waals surface area contributed by atoms with Crippen LogP contribution in [0.5, 0.6) is 40.2 Å². The number of carbonyl (C=O) groups excluding carboxylic acids is 5. The molecule has 149 heavy (non-hydrogen) atoms. The van der Waals surface area contributed by atoms with E-state index in [1.165, 1.54) is 88.4 Å². The summed E-state index contributed by atoms with van der Waals surface area (Å²) in [5.74, 6) is -0.733. The topological polar surface area (TPSA) is 384 Å². The molecule has 0 radical (unpaired) electrons. The molecule has 766 valence electrons. The number of benzene rings is 9. The Hall–Kier alpha value is -16.8. The van der Waals surface area contributed by atoms with Gasteiger partial charge in [0.25, 0.3) is 11.1 Å². The highest BCUT2D eigenvalue weighted by atomic mass is 35.5. The second kappa shape index (κ2) is 48.0. The van der Waals surface area contributed by atoms with E-state index in [0.29, 0.717) is 151 Å². The molecule has 9 N–H and O–H groups in total. The number of anilines is 11. The number of nitrogens with zero attached hydrogens (tertiary/aromatic N) is 9. The number of para-hydroxylation sites is 3. The number of urea groups is 1. The number of imidazole rings is 1. The molecule has 9 aromatic carbocycles. The number of nitrogens with one attached hydrogen (secondary N) is 9. The number of aryl methyl sites for hydroxylation is 4. The molecular weight excluding hydrogens is 2060 g/mol. The molecule has 0 unspecified atom stereocenters. The number of alkyl halides is 3. The van der Waals surface area contributed by atoms with Crippen molar-refractivity contribution in [3.8, 4) is 96.0 Å². The van der Waals surface area contributed by atoms with E-state index in [1.807, 2.05) is 92.9 Å². The summed E-state index contributed by atoms with van der Waals surface area (Å²) < 4.78 is 108. The van der Waals surface area contributed by atoms with E-state index in [2.05, 4.69) is 98.8 Å². The van der Waals surface area contributed by atoms with Crippen LogP contribution in [-0.2, 0) is 33.3 Å². The van der Waals surface area contributed by atoms with Crippen LogP contribution in [0, 0.1) is 25.5 Å². The Bertz CT molecular complexity index is 7830. The van der Waals surface area contributed by atoms with Crippen molar-refractivity contribution < 1.29 is 79.1 Å². The van der Waals surface area contributed by atoms with Gasteiger partial charge in [-0.05, 0) is 153 Å². The fourth-order valence-electron chi connectivity index (χ4n) is 15.2. The zero-order valence-corrected chi connectivity index (χ0v) is 85.8. The van der Waals surface area contributed by atoms with Gasteiger partial charge in [0.2, 0.25) is 35.5 Å². The van der Waals surface area contributed by atoms with E-state index < -0.39 is 36.3 Å². The number of ether oxygens (including phenoxy) is 7. The van der Waals surface area contributed by atoms with Crippen LogP contribution >= 0.6 is 69.6 Å². The second-order valence-electron chi connectivity index (χ2n) is 32.4. The summed E-state index contributed by atoms with van der Waals surface area (Å²) in [6, 6.07) is 43.0. The molecule has 0 saturated carbocycles. The van der Waals surface area contributed by atoms with Gasteiger partial charge in [0, 0.05) is 125 Å². The first kappa shape index (κ1) is 109. The minimum Gasteiger partial charge on any atom is -0.495 e. The van der Waals surface area contributed by atoms with Crippen molar-refractivity contribution in [2.75, 3.05) is 91.7 Å². The normalized spacial score (nSPS) is 10.9. The number of amides is 6. The van der Waals surface area contributed by atoms with Crippen LogP contribution in [0.2, 0.25) is 30.1 Å². The highest BCUT2D eigenvalue weighted by molar-refractivity contribution is 6.43. The number of pyridine rings is 4. The Morgan fingerprint density at radius 3 is 1.46 bits per heavy atom. The van der Waals surface area contributed by atoms with Crippen LogP contribution < -0.4 is 92.1 Å². The van der Waals surface area contributed by atoms with E-state index in [1.54, 1.807) is 123 Å². The molecular formula is C106H91Cl6F5N18O14. The Labute approximate surface area is 877 Å². The van der Waals surface area contributed by atoms with Crippen molar-refractivity contribution >= 4 is 201 Å². The summed E-state index contributed by atoms with van der Waals surface area (Å²) in [5, 5.41) is 27.2. The van der Waals surface area contributed by atoms with Gasteiger partial charge in [-0.15, -0.1) is 0 Å². The number of halogens is 11. The predicted molar refractivity (Wildman–Crippen MR) is 576 cm³/mol. The van der Waals surface area contributed by atoms with Crippen molar-refractivity contribution in [1.29, 1.82) is 0 Å². The van der Waals surface area contributed by atoms with Gasteiger partial charge in [0.05, 0.1) is 141 Å². The minimum atomic E-state index is -4.53. The van der Waals surface area contributed by atoms with Crippen molar-refractivity contribution in [2.45, 2.75) is 40.0 Å². The maximum atomic E-state index is 14.5. The molecule has 0 atom stereocenters. The van der Waals surface area contributed by atoms with Crippen LogP contribution in [0.3, 0.4) is 0 Å². The van der Waals surface area contributed by atoms with Gasteiger partial charge in [-0.3, -0.25) is 37.7 Å². The lowest BCUT2D eigenvalue weighted by atomic mass is 10.0. The van der Waals surface area contributed by atoms with Gasteiger partial charge in [-0.25, -0.2) is 38.5 Å². The van der Waals surface area contributed by atoms with Gasteiger partial charge in [0.1, 0.15) is 69.6 Å². The van der Waals surface area contributed by atoms with Crippen LogP contribution in [0.15, 0.2) is 249 Å². The van der Waals surface area contributed by atoms with E-state index in [9.17, 15) is 55.5 Å². The fraction of sp³-hybridized carbons (Fsp3) is 0.142. The fourth-order valence-corrected chi connectivity index (χ4v) is 17.3. The average molecular weight is 2150 g/mol. The number of hydrogen-bond donors (Lipinski definition) is 9. The Morgan fingerprint density at radius 2 is 0.926 bits per heavy atom. The number of aromatic nitrogens is 9. The predicted octanol–water partition coefficient (Wildman–Crippen LogP) is 24.6. The zero-order chi connectivity index (χ0) is 108. The van der Waals surface area contributed by atoms with Crippen LogP contribution in [0.25, 0.3) is 94.3 Å². The zero-order valence-electron chi connectivity index (χ0n) is 81.2. The third kappa shape index (κ3) is 25.1. The third-order valence-corrected chi connectivity index (χ3v) is 24.6. The molecule has 0 aliphatic heterocycles. The van der Waals surface area contributed by atoms with Gasteiger partial charge >= 0.3 is 12.2 Å². The van der Waals surface area contributed by atoms with E-state index >= 15 is 0 Å². The maximum absolute atomic E-state index is 14.5. The molecule has 43 heteroatoms. The van der Waals surface area contributed by atoms with E-state index in [4.69, 9.17) is 103 Å². The second-order valence-corrected chi connectivity index (χ2v) is 34.6. The number of carbonyl (C=O) groups is 5. The number of fused-ring (bicyclic) bond motifs is 4. The highest BCUT2D eigenvalue weighted by Gasteiger charge is 2.31. The van der Waals surface area contributed by atoms with Crippen LogP contribution in [0.1, 0.15) is 25.0 Å². The van der Waals surface area contributed by atoms with Crippen molar-refractivity contribution in [2.24, 2.45) is 14.1 Å². The molecule has 0 bridgehead atoms. The van der Waals surface area contributed by atoms with Gasteiger partial charge in [-0.2, -0.15) is 18.2 Å². The highest BCUT2D eigenvalue weighted by Crippen LogP contribution is 2.50. The van der Waals surface area contributed by atoms with Gasteiger partial charge in [0.15, 0.2) is 11.6 Å². The van der Waals surface area contributed by atoms with Gasteiger partial charge < -0.3 is 85.6 Å². The molecule has 0 spiro atoms. The smallest absolute Gasteiger partial charge is 0.405 e. The van der Waals surface area contributed by atoms with Gasteiger partial charge in [-0.1, -0.05) is 144 Å².